The Hall–Kier alpha value is -0.710. The summed E-state index contributed by atoms with van der Waals surface area (Å²) >= 11 is 0. The van der Waals surface area contributed by atoms with Crippen LogP contribution in [-0.4, -0.2) is 39.4 Å². The molecule has 3 unspecified atom stereocenters. The van der Waals surface area contributed by atoms with Crippen LogP contribution in [-0.2, 0) is 4.79 Å². The largest absolute Gasteiger partial charge is 0.393 e. The highest BCUT2D eigenvalue weighted by atomic mass is 16.3. The molecular formula is C27H44O4. The van der Waals surface area contributed by atoms with Crippen molar-refractivity contribution < 1.29 is 20.1 Å². The van der Waals surface area contributed by atoms with Gasteiger partial charge in [-0.2, -0.15) is 0 Å². The topological polar surface area (TPSA) is 77.8 Å². The van der Waals surface area contributed by atoms with E-state index in [2.05, 4.69) is 34.6 Å². The molecular weight excluding hydrogens is 388 g/mol. The quantitative estimate of drug-likeness (QED) is 0.591. The minimum atomic E-state index is -0.452. The minimum Gasteiger partial charge on any atom is -0.393 e. The molecule has 31 heavy (non-hydrogen) atoms. The second kappa shape index (κ2) is 8.25. The van der Waals surface area contributed by atoms with E-state index in [1.54, 1.807) is 0 Å². The summed E-state index contributed by atoms with van der Waals surface area (Å²) in [6.45, 7) is 11.0. The van der Waals surface area contributed by atoms with Crippen molar-refractivity contribution in [2.45, 2.75) is 111 Å². The maximum atomic E-state index is 13.4. The smallest absolute Gasteiger partial charge is 0.159 e. The number of aliphatic hydroxyl groups excluding tert-OH is 3. The van der Waals surface area contributed by atoms with Crippen molar-refractivity contribution >= 4 is 5.78 Å². The summed E-state index contributed by atoms with van der Waals surface area (Å²) in [7, 11) is 0. The molecule has 4 aliphatic carbocycles. The maximum Gasteiger partial charge on any atom is 0.159 e. The second-order valence-electron chi connectivity index (χ2n) is 12.3. The number of fused-ring (bicyclic) bond motifs is 4. The lowest BCUT2D eigenvalue weighted by atomic mass is 9.48. The molecule has 4 heteroatoms. The van der Waals surface area contributed by atoms with Crippen molar-refractivity contribution in [2.75, 3.05) is 0 Å². The van der Waals surface area contributed by atoms with Crippen molar-refractivity contribution in [2.24, 2.45) is 40.4 Å². The molecule has 0 heterocycles. The van der Waals surface area contributed by atoms with E-state index in [0.29, 0.717) is 42.8 Å². The lowest BCUT2D eigenvalue weighted by molar-refractivity contribution is -0.116. The molecule has 3 saturated carbocycles. The Morgan fingerprint density at radius 2 is 1.74 bits per heavy atom. The summed E-state index contributed by atoms with van der Waals surface area (Å²) in [5, 5.41) is 31.6. The number of hydrogen-bond acceptors (Lipinski definition) is 4. The highest BCUT2D eigenvalue weighted by Gasteiger charge is 2.59. The van der Waals surface area contributed by atoms with Crippen molar-refractivity contribution in [3.63, 3.8) is 0 Å². The molecule has 0 spiro atoms. The fourth-order valence-electron chi connectivity index (χ4n) is 8.19. The monoisotopic (exact) mass is 432 g/mol. The van der Waals surface area contributed by atoms with Crippen molar-refractivity contribution in [3.05, 3.63) is 11.1 Å². The number of carbonyl (C=O) groups excluding carboxylic acids is 1. The molecule has 3 N–H and O–H groups in total. The van der Waals surface area contributed by atoms with Crippen LogP contribution in [0, 0.1) is 40.4 Å². The minimum absolute atomic E-state index is 0.00802. The first kappa shape index (κ1) is 23.4. The molecule has 0 saturated heterocycles. The van der Waals surface area contributed by atoms with E-state index in [9.17, 15) is 20.1 Å². The van der Waals surface area contributed by atoms with Gasteiger partial charge < -0.3 is 15.3 Å². The molecule has 4 rings (SSSR count). The number of aliphatic hydroxyl groups is 3. The average molecular weight is 433 g/mol. The van der Waals surface area contributed by atoms with Gasteiger partial charge in [0.2, 0.25) is 0 Å². The van der Waals surface area contributed by atoms with Crippen molar-refractivity contribution in [1.29, 1.82) is 0 Å². The van der Waals surface area contributed by atoms with E-state index in [0.717, 1.165) is 44.1 Å². The summed E-state index contributed by atoms with van der Waals surface area (Å²) in [5.41, 5.74) is 2.22. The van der Waals surface area contributed by atoms with Gasteiger partial charge in [-0.3, -0.25) is 4.79 Å². The van der Waals surface area contributed by atoms with Gasteiger partial charge in [0, 0.05) is 12.0 Å². The Kier molecular flexibility index (Phi) is 6.24. The van der Waals surface area contributed by atoms with Crippen LogP contribution in [0.1, 0.15) is 92.4 Å². The summed E-state index contributed by atoms with van der Waals surface area (Å²) < 4.78 is 0. The number of ketones is 1. The Labute approximate surface area is 188 Å². The number of hydrogen-bond donors (Lipinski definition) is 3. The number of rotatable bonds is 5. The molecule has 0 aromatic heterocycles. The van der Waals surface area contributed by atoms with Crippen molar-refractivity contribution in [3.8, 4) is 0 Å². The molecule has 4 aliphatic rings. The van der Waals surface area contributed by atoms with Gasteiger partial charge in [0.15, 0.2) is 5.78 Å². The second-order valence-corrected chi connectivity index (χ2v) is 12.3. The van der Waals surface area contributed by atoms with E-state index < -0.39 is 6.10 Å². The van der Waals surface area contributed by atoms with Crippen LogP contribution in [0.2, 0.25) is 0 Å². The molecule has 0 bridgehead atoms. The third kappa shape index (κ3) is 3.75. The summed E-state index contributed by atoms with van der Waals surface area (Å²) in [6.07, 6.45) is 6.55. The van der Waals surface area contributed by atoms with E-state index in [4.69, 9.17) is 0 Å². The van der Waals surface area contributed by atoms with Gasteiger partial charge >= 0.3 is 0 Å². The number of allylic oxidation sites excluding steroid dienone is 1. The molecule has 4 nitrogen and oxygen atoms in total. The van der Waals surface area contributed by atoms with Crippen LogP contribution in [0.3, 0.4) is 0 Å². The predicted octanol–water partition coefficient (Wildman–Crippen LogP) is 4.65. The fourth-order valence-corrected chi connectivity index (χ4v) is 8.19. The lowest BCUT2D eigenvalue weighted by Crippen LogP contribution is -2.53. The summed E-state index contributed by atoms with van der Waals surface area (Å²) in [4.78, 5) is 13.4. The van der Waals surface area contributed by atoms with E-state index in [1.807, 2.05) is 0 Å². The van der Waals surface area contributed by atoms with E-state index in [1.165, 1.54) is 5.57 Å². The average Bonchev–Trinajstić information content (AvgIpc) is 2.98. The standard InChI is InChI=1S/C27H44O4/c1-15(2)22(29)7-6-16(3)20-14-24(31)25-18-13-23(30)21-12-17(28)8-10-26(21,4)19(18)9-11-27(20,25)5/h15-17,19-23,28-30H,6-14H2,1-5H3/t16-,17+,19?,20?,21?,22+,23+,26-,27-/m1/s1. The Balaban J connectivity index is 1.62. The van der Waals surface area contributed by atoms with Gasteiger partial charge in [0.05, 0.1) is 18.3 Å². The van der Waals surface area contributed by atoms with Gasteiger partial charge in [-0.25, -0.2) is 0 Å². The van der Waals surface area contributed by atoms with Crippen LogP contribution >= 0.6 is 0 Å². The fraction of sp³-hybridized carbons (Fsp3) is 0.889. The summed E-state index contributed by atoms with van der Waals surface area (Å²) in [6, 6.07) is 0. The van der Waals surface area contributed by atoms with Gasteiger partial charge in [-0.05, 0) is 91.8 Å². The molecule has 0 aromatic carbocycles. The molecule has 9 atom stereocenters. The molecule has 0 aromatic rings. The third-order valence-corrected chi connectivity index (χ3v) is 10.2. The van der Waals surface area contributed by atoms with Crippen LogP contribution in [0.5, 0.6) is 0 Å². The van der Waals surface area contributed by atoms with Gasteiger partial charge in [-0.1, -0.05) is 40.2 Å². The first-order chi connectivity index (χ1) is 14.5. The van der Waals surface area contributed by atoms with E-state index >= 15 is 0 Å². The maximum absolute atomic E-state index is 13.4. The first-order valence-corrected chi connectivity index (χ1v) is 12.8. The SMILES string of the molecule is CC(C)[C@@H](O)CC[C@@H](C)C1CC(=O)C2=C3C[C@H](O)C4C[C@@H](O)CC[C@]4(C)C3CC[C@@]21C. The van der Waals surface area contributed by atoms with Crippen LogP contribution in [0.4, 0.5) is 0 Å². The third-order valence-electron chi connectivity index (χ3n) is 10.2. The molecule has 3 fully saturated rings. The zero-order valence-electron chi connectivity index (χ0n) is 20.2. The Bertz CT molecular complexity index is 742. The Morgan fingerprint density at radius 3 is 2.42 bits per heavy atom. The molecule has 0 aliphatic heterocycles. The molecule has 176 valence electrons. The van der Waals surface area contributed by atoms with Gasteiger partial charge in [0.25, 0.3) is 0 Å². The normalized spacial score (nSPS) is 44.7. The van der Waals surface area contributed by atoms with Gasteiger partial charge in [0.1, 0.15) is 0 Å². The zero-order valence-corrected chi connectivity index (χ0v) is 20.2. The molecule has 0 amide bonds. The number of carbonyl (C=O) groups is 1. The zero-order chi connectivity index (χ0) is 22.7. The van der Waals surface area contributed by atoms with Crippen LogP contribution in [0.15, 0.2) is 11.1 Å². The highest BCUT2D eigenvalue weighted by Crippen LogP contribution is 2.65. The number of Topliss-reactive ketones (excluding diaryl/α,β-unsaturated/α-hetero) is 1. The van der Waals surface area contributed by atoms with Crippen LogP contribution < -0.4 is 0 Å². The van der Waals surface area contributed by atoms with Crippen molar-refractivity contribution in [1.82, 2.24) is 0 Å². The van der Waals surface area contributed by atoms with Gasteiger partial charge in [-0.15, -0.1) is 0 Å². The lowest BCUT2D eigenvalue weighted by Gasteiger charge is -2.57. The van der Waals surface area contributed by atoms with Crippen LogP contribution in [0.25, 0.3) is 0 Å². The summed E-state index contributed by atoms with van der Waals surface area (Å²) in [5.74, 6) is 1.83. The van der Waals surface area contributed by atoms with E-state index in [-0.39, 0.29) is 34.9 Å². The first-order valence-electron chi connectivity index (χ1n) is 12.8. The Morgan fingerprint density at radius 1 is 1.03 bits per heavy atom. The highest BCUT2D eigenvalue weighted by molar-refractivity contribution is 6.00. The predicted molar refractivity (Wildman–Crippen MR) is 122 cm³/mol. The molecule has 0 radical (unpaired) electrons.